The topological polar surface area (TPSA) is 76.5 Å². The van der Waals surface area contributed by atoms with Crippen LogP contribution in [0.2, 0.25) is 0 Å². The molecule has 22 heavy (non-hydrogen) atoms. The molecule has 7 heteroatoms. The van der Waals surface area contributed by atoms with Gasteiger partial charge in [0.25, 0.3) is 0 Å². The van der Waals surface area contributed by atoms with Gasteiger partial charge in [0.15, 0.2) is 5.78 Å². The van der Waals surface area contributed by atoms with Crippen molar-refractivity contribution in [3.63, 3.8) is 0 Å². The molecule has 4 rings (SSSR count). The Kier molecular flexibility index (Phi) is 3.22. The van der Waals surface area contributed by atoms with Crippen molar-refractivity contribution in [1.82, 2.24) is 25.2 Å². The molecule has 1 aliphatic rings. The SMILES string of the molecule is C[C@@H](Sc1nnnn1C1CC1)C(=O)c1c[nH]c2ccccc12. The number of tetrazole rings is 1. The summed E-state index contributed by atoms with van der Waals surface area (Å²) in [6.45, 7) is 1.90. The molecule has 1 atom stereocenters. The number of H-pyrrole nitrogens is 1. The summed E-state index contributed by atoms with van der Waals surface area (Å²) >= 11 is 1.42. The van der Waals surface area contributed by atoms with E-state index in [1.165, 1.54) is 11.8 Å². The molecule has 1 N–H and O–H groups in total. The number of Topliss-reactive ketones (excluding diaryl/α,β-unsaturated/α-hetero) is 1. The molecule has 2 heterocycles. The first-order valence-electron chi connectivity index (χ1n) is 7.29. The summed E-state index contributed by atoms with van der Waals surface area (Å²) in [6, 6.07) is 8.24. The standard InChI is InChI=1S/C15H15N5OS/c1-9(22-15-17-18-19-20(15)10-6-7-10)14(21)12-8-16-13-5-3-2-4-11(12)13/h2-5,8-10,16H,6-7H2,1H3/t9-/m1/s1. The normalized spacial score (nSPS) is 16.0. The number of fused-ring (bicyclic) bond motifs is 1. The summed E-state index contributed by atoms with van der Waals surface area (Å²) in [7, 11) is 0. The molecule has 0 radical (unpaired) electrons. The van der Waals surface area contributed by atoms with Gasteiger partial charge in [-0.2, -0.15) is 0 Å². The van der Waals surface area contributed by atoms with E-state index in [2.05, 4.69) is 20.5 Å². The first-order valence-corrected chi connectivity index (χ1v) is 8.17. The van der Waals surface area contributed by atoms with Crippen LogP contribution in [0.4, 0.5) is 0 Å². The van der Waals surface area contributed by atoms with Crippen LogP contribution in [0.25, 0.3) is 10.9 Å². The Labute approximate surface area is 131 Å². The quantitative estimate of drug-likeness (QED) is 0.579. The van der Waals surface area contributed by atoms with Crippen LogP contribution in [-0.2, 0) is 0 Å². The number of thioether (sulfide) groups is 1. The van der Waals surface area contributed by atoms with Gasteiger partial charge in [-0.15, -0.1) is 5.10 Å². The Morgan fingerprint density at radius 3 is 3.05 bits per heavy atom. The maximum atomic E-state index is 12.7. The summed E-state index contributed by atoms with van der Waals surface area (Å²) in [5.41, 5.74) is 1.70. The number of nitrogens with one attached hydrogen (secondary N) is 1. The van der Waals surface area contributed by atoms with Gasteiger partial charge in [0.05, 0.1) is 11.3 Å². The second-order valence-electron chi connectivity index (χ2n) is 5.51. The van der Waals surface area contributed by atoms with Gasteiger partial charge in [0.2, 0.25) is 5.16 Å². The van der Waals surface area contributed by atoms with Crippen LogP contribution in [0, 0.1) is 0 Å². The second kappa shape index (κ2) is 5.24. The van der Waals surface area contributed by atoms with E-state index in [-0.39, 0.29) is 11.0 Å². The average Bonchev–Trinajstić information content (AvgIpc) is 3.12. The van der Waals surface area contributed by atoms with E-state index in [1.807, 2.05) is 35.9 Å². The zero-order valence-corrected chi connectivity index (χ0v) is 12.9. The van der Waals surface area contributed by atoms with Gasteiger partial charge >= 0.3 is 0 Å². The van der Waals surface area contributed by atoms with E-state index in [9.17, 15) is 4.79 Å². The maximum Gasteiger partial charge on any atom is 0.210 e. The van der Waals surface area contributed by atoms with Crippen molar-refractivity contribution in [2.24, 2.45) is 0 Å². The van der Waals surface area contributed by atoms with Crippen LogP contribution in [0.15, 0.2) is 35.6 Å². The average molecular weight is 313 g/mol. The Bertz CT molecular complexity index is 835. The molecular formula is C15H15N5OS. The van der Waals surface area contributed by atoms with Gasteiger partial charge in [-0.05, 0) is 36.3 Å². The lowest BCUT2D eigenvalue weighted by atomic mass is 10.1. The van der Waals surface area contributed by atoms with Crippen molar-refractivity contribution < 1.29 is 4.79 Å². The number of hydrogen-bond acceptors (Lipinski definition) is 5. The van der Waals surface area contributed by atoms with Gasteiger partial charge in [-0.3, -0.25) is 4.79 Å². The molecule has 0 spiro atoms. The van der Waals surface area contributed by atoms with Crippen LogP contribution in [0.5, 0.6) is 0 Å². The first kappa shape index (κ1) is 13.5. The number of hydrogen-bond donors (Lipinski definition) is 1. The number of aromatic amines is 1. The number of carbonyl (C=O) groups excluding carboxylic acids is 1. The molecule has 0 saturated heterocycles. The predicted octanol–water partition coefficient (Wildman–Crippen LogP) is 2.85. The third-order valence-electron chi connectivity index (χ3n) is 3.86. The Balaban J connectivity index is 1.58. The smallest absolute Gasteiger partial charge is 0.210 e. The summed E-state index contributed by atoms with van der Waals surface area (Å²) < 4.78 is 1.84. The third kappa shape index (κ3) is 2.31. The lowest BCUT2D eigenvalue weighted by Gasteiger charge is -2.09. The van der Waals surface area contributed by atoms with Gasteiger partial charge < -0.3 is 4.98 Å². The summed E-state index contributed by atoms with van der Waals surface area (Å²) in [4.78, 5) is 15.9. The van der Waals surface area contributed by atoms with E-state index < -0.39 is 0 Å². The molecular weight excluding hydrogens is 298 g/mol. The lowest BCUT2D eigenvalue weighted by molar-refractivity contribution is 0.0995. The fourth-order valence-electron chi connectivity index (χ4n) is 2.52. The maximum absolute atomic E-state index is 12.7. The van der Waals surface area contributed by atoms with Crippen molar-refractivity contribution in [2.75, 3.05) is 0 Å². The van der Waals surface area contributed by atoms with E-state index >= 15 is 0 Å². The molecule has 1 saturated carbocycles. The molecule has 6 nitrogen and oxygen atoms in total. The van der Waals surface area contributed by atoms with Gasteiger partial charge in [-0.25, -0.2) is 4.68 Å². The number of ketones is 1. The lowest BCUT2D eigenvalue weighted by Crippen LogP contribution is -2.14. The highest BCUT2D eigenvalue weighted by Gasteiger charge is 2.30. The van der Waals surface area contributed by atoms with Crippen molar-refractivity contribution in [3.8, 4) is 0 Å². The fourth-order valence-corrected chi connectivity index (χ4v) is 3.44. The van der Waals surface area contributed by atoms with Crippen molar-refractivity contribution in [1.29, 1.82) is 0 Å². The minimum Gasteiger partial charge on any atom is -0.360 e. The molecule has 0 amide bonds. The number of benzene rings is 1. The van der Waals surface area contributed by atoms with Gasteiger partial charge in [0, 0.05) is 22.7 Å². The van der Waals surface area contributed by atoms with E-state index in [0.29, 0.717) is 6.04 Å². The van der Waals surface area contributed by atoms with Crippen molar-refractivity contribution >= 4 is 28.4 Å². The molecule has 1 aromatic carbocycles. The van der Waals surface area contributed by atoms with Crippen molar-refractivity contribution in [3.05, 3.63) is 36.0 Å². The summed E-state index contributed by atoms with van der Waals surface area (Å²) in [5, 5.41) is 13.3. The summed E-state index contributed by atoms with van der Waals surface area (Å²) in [6.07, 6.45) is 4.01. The van der Waals surface area contributed by atoms with Crippen molar-refractivity contribution in [2.45, 2.75) is 36.2 Å². The van der Waals surface area contributed by atoms with Gasteiger partial charge in [-0.1, -0.05) is 30.0 Å². The minimum atomic E-state index is -0.234. The van der Waals surface area contributed by atoms with E-state index in [1.54, 1.807) is 6.20 Å². The monoisotopic (exact) mass is 313 g/mol. The highest BCUT2D eigenvalue weighted by Crippen LogP contribution is 2.37. The number of para-hydroxylation sites is 1. The van der Waals surface area contributed by atoms with Crippen LogP contribution in [0.1, 0.15) is 36.2 Å². The molecule has 1 fully saturated rings. The predicted molar refractivity (Wildman–Crippen MR) is 84.0 cm³/mol. The molecule has 3 aromatic rings. The number of rotatable bonds is 5. The van der Waals surface area contributed by atoms with E-state index in [0.717, 1.165) is 34.5 Å². The zero-order valence-electron chi connectivity index (χ0n) is 12.1. The Morgan fingerprint density at radius 2 is 2.23 bits per heavy atom. The van der Waals surface area contributed by atoms with E-state index in [4.69, 9.17) is 0 Å². The third-order valence-corrected chi connectivity index (χ3v) is 4.91. The summed E-state index contributed by atoms with van der Waals surface area (Å²) in [5.74, 6) is 0.0906. The van der Waals surface area contributed by atoms with Crippen LogP contribution in [0.3, 0.4) is 0 Å². The first-order chi connectivity index (χ1) is 10.7. The molecule has 0 bridgehead atoms. The Hall–Kier alpha value is -2.15. The number of carbonyl (C=O) groups is 1. The van der Waals surface area contributed by atoms with Crippen LogP contribution >= 0.6 is 11.8 Å². The molecule has 112 valence electrons. The number of aromatic nitrogens is 5. The van der Waals surface area contributed by atoms with Gasteiger partial charge in [0.1, 0.15) is 0 Å². The minimum absolute atomic E-state index is 0.0906. The Morgan fingerprint density at radius 1 is 1.41 bits per heavy atom. The largest absolute Gasteiger partial charge is 0.360 e. The molecule has 0 aliphatic heterocycles. The number of nitrogens with zero attached hydrogens (tertiary/aromatic N) is 4. The molecule has 1 aliphatic carbocycles. The highest BCUT2D eigenvalue weighted by atomic mass is 32.2. The molecule has 0 unspecified atom stereocenters. The fraction of sp³-hybridized carbons (Fsp3) is 0.333. The highest BCUT2D eigenvalue weighted by molar-refractivity contribution is 8.00. The zero-order chi connectivity index (χ0) is 15.1. The van der Waals surface area contributed by atoms with Crippen LogP contribution in [-0.4, -0.2) is 36.2 Å². The van der Waals surface area contributed by atoms with Crippen LogP contribution < -0.4 is 0 Å². The second-order valence-corrected chi connectivity index (χ2v) is 6.82. The molecule has 2 aromatic heterocycles.